The van der Waals surface area contributed by atoms with Crippen LogP contribution in [0.5, 0.6) is 0 Å². The van der Waals surface area contributed by atoms with Crippen molar-refractivity contribution in [3.63, 3.8) is 0 Å². The molecule has 1 N–H and O–H groups in total. The van der Waals surface area contributed by atoms with E-state index in [1.165, 1.54) is 12.7 Å². The number of rotatable bonds is 12. The molecule has 5 heteroatoms. The van der Waals surface area contributed by atoms with Gasteiger partial charge >= 0.3 is 5.97 Å². The van der Waals surface area contributed by atoms with Gasteiger partial charge in [0.05, 0.1) is 24.2 Å². The number of unbranched alkanes of at least 4 members (excludes halogenated alkanes) is 1. The lowest BCUT2D eigenvalue weighted by atomic mass is 9.89. The largest absolute Gasteiger partial charge is 0.466 e. The smallest absolute Gasteiger partial charge is 0.334 e. The fourth-order valence-corrected chi connectivity index (χ4v) is 3.43. The molecule has 0 aromatic carbocycles. The highest BCUT2D eigenvalue weighted by Gasteiger charge is 2.33. The normalized spacial score (nSPS) is 19.1. The molecule has 1 aliphatic carbocycles. The highest BCUT2D eigenvalue weighted by atomic mass is 16.5. The number of carbonyl (C=O) groups excluding carboxylic acids is 2. The van der Waals surface area contributed by atoms with Crippen molar-refractivity contribution >= 4 is 11.8 Å². The fraction of sp³-hybridized carbons (Fsp3) is 0.600. The number of ketones is 1. The molecule has 1 atom stereocenters. The average molecular weight is 419 g/mol. The molecule has 5 nitrogen and oxygen atoms in total. The Bertz CT molecular complexity index is 694. The number of aliphatic hydroxyl groups excluding tert-OH is 1. The summed E-state index contributed by atoms with van der Waals surface area (Å²) >= 11 is 0. The van der Waals surface area contributed by atoms with E-state index in [-0.39, 0.29) is 23.9 Å². The number of esters is 1. The lowest BCUT2D eigenvalue weighted by molar-refractivity contribution is -0.138. The van der Waals surface area contributed by atoms with Crippen molar-refractivity contribution in [3.8, 4) is 0 Å². The first-order valence-corrected chi connectivity index (χ1v) is 10.8. The molecule has 0 aromatic heterocycles. The van der Waals surface area contributed by atoms with E-state index in [0.717, 1.165) is 24.8 Å². The van der Waals surface area contributed by atoms with Crippen molar-refractivity contribution in [2.45, 2.75) is 71.3 Å². The topological polar surface area (TPSA) is 72.8 Å². The second kappa shape index (κ2) is 13.3. The van der Waals surface area contributed by atoms with Crippen LogP contribution in [0.2, 0.25) is 0 Å². The quantitative estimate of drug-likeness (QED) is 0.212. The molecule has 0 saturated heterocycles. The molecule has 0 spiro atoms. The third-order valence-corrected chi connectivity index (χ3v) is 5.42. The van der Waals surface area contributed by atoms with E-state index in [2.05, 4.69) is 0 Å². The molecule has 30 heavy (non-hydrogen) atoms. The summed E-state index contributed by atoms with van der Waals surface area (Å²) in [4.78, 5) is 24.9. The van der Waals surface area contributed by atoms with E-state index >= 15 is 0 Å². The number of ether oxygens (including phenoxy) is 2. The Hall–Kier alpha value is -1.98. The molecule has 0 radical (unpaired) electrons. The van der Waals surface area contributed by atoms with E-state index in [4.69, 9.17) is 14.6 Å². The number of hydrogen-bond acceptors (Lipinski definition) is 5. The Kier molecular flexibility index (Phi) is 11.6. The van der Waals surface area contributed by atoms with Gasteiger partial charge in [-0.2, -0.15) is 0 Å². The summed E-state index contributed by atoms with van der Waals surface area (Å²) in [7, 11) is 3.04. The van der Waals surface area contributed by atoms with Crippen molar-refractivity contribution in [1.82, 2.24) is 0 Å². The first kappa shape index (κ1) is 26.1. The van der Waals surface area contributed by atoms with Crippen LogP contribution in [-0.2, 0) is 19.1 Å². The third kappa shape index (κ3) is 8.80. The molecule has 1 fully saturated rings. The van der Waals surface area contributed by atoms with E-state index < -0.39 is 5.97 Å². The van der Waals surface area contributed by atoms with Crippen molar-refractivity contribution in [3.05, 3.63) is 47.1 Å². The lowest BCUT2D eigenvalue weighted by Crippen LogP contribution is -2.20. The number of aliphatic hydroxyl groups is 1. The van der Waals surface area contributed by atoms with Crippen molar-refractivity contribution in [2.75, 3.05) is 20.8 Å². The first-order chi connectivity index (χ1) is 14.3. The first-order valence-electron chi connectivity index (χ1n) is 10.8. The van der Waals surface area contributed by atoms with Gasteiger partial charge in [-0.3, -0.25) is 4.79 Å². The number of Topliss-reactive ketones (excluding diaryl/α,β-unsaturated/α-hetero) is 1. The van der Waals surface area contributed by atoms with E-state index in [9.17, 15) is 9.59 Å². The molecule has 0 bridgehead atoms. The standard InChI is InChI=1S/C25H38O5/c1-19(12-10-17-25(2,3)30-5)11-8-14-20(13-6-7-18-26)23(24(28)29-4)21-15-9-16-22(21)27/h8,10,12,14,17,21,26H,6-7,9,11,13,15-16,18H2,1-5H3/b14-8+,17-10?,19-12-,23-20?/t21-/m1/s1. The molecular weight excluding hydrogens is 380 g/mol. The molecule has 168 valence electrons. The minimum atomic E-state index is -0.420. The second-order valence-electron chi connectivity index (χ2n) is 8.31. The van der Waals surface area contributed by atoms with Crippen LogP contribution in [0, 0.1) is 5.92 Å². The van der Waals surface area contributed by atoms with Gasteiger partial charge in [0, 0.05) is 20.1 Å². The molecule has 0 amide bonds. The van der Waals surface area contributed by atoms with Crippen LogP contribution < -0.4 is 0 Å². The van der Waals surface area contributed by atoms with Gasteiger partial charge in [0.1, 0.15) is 5.78 Å². The zero-order valence-electron chi connectivity index (χ0n) is 19.2. The third-order valence-electron chi connectivity index (χ3n) is 5.42. The van der Waals surface area contributed by atoms with Gasteiger partial charge in [-0.1, -0.05) is 36.0 Å². The SMILES string of the molecule is COC(=O)C(=C(/C=C/C/C(C)=C\C=CC(C)(C)OC)CCCCO)[C@@H]1CCCC1=O. The summed E-state index contributed by atoms with van der Waals surface area (Å²) in [5.74, 6) is -0.677. The Labute approximate surface area is 181 Å². The van der Waals surface area contributed by atoms with Gasteiger partial charge < -0.3 is 14.6 Å². The van der Waals surface area contributed by atoms with Gasteiger partial charge in [-0.15, -0.1) is 0 Å². The van der Waals surface area contributed by atoms with Gasteiger partial charge in [-0.05, 0) is 64.9 Å². The number of allylic oxidation sites excluding steroid dienone is 6. The van der Waals surface area contributed by atoms with Crippen LogP contribution in [0.4, 0.5) is 0 Å². The molecule has 0 heterocycles. The van der Waals surface area contributed by atoms with Crippen molar-refractivity contribution in [1.29, 1.82) is 0 Å². The molecule has 0 aromatic rings. The summed E-state index contributed by atoms with van der Waals surface area (Å²) in [5.41, 5.74) is 2.20. The molecular formula is C25H38O5. The van der Waals surface area contributed by atoms with Gasteiger partial charge in [0.2, 0.25) is 0 Å². The molecule has 1 rings (SSSR count). The van der Waals surface area contributed by atoms with Gasteiger partial charge in [0.25, 0.3) is 0 Å². The van der Waals surface area contributed by atoms with Crippen LogP contribution in [0.3, 0.4) is 0 Å². The monoisotopic (exact) mass is 418 g/mol. The molecule has 1 saturated carbocycles. The number of methoxy groups -OCH3 is 2. The van der Waals surface area contributed by atoms with Crippen LogP contribution in [0.25, 0.3) is 0 Å². The van der Waals surface area contributed by atoms with E-state index in [1.807, 2.05) is 51.2 Å². The maximum absolute atomic E-state index is 12.5. The predicted octanol–water partition coefficient (Wildman–Crippen LogP) is 4.86. The average Bonchev–Trinajstić information content (AvgIpc) is 3.13. The molecule has 0 aliphatic heterocycles. The Morgan fingerprint density at radius 3 is 2.57 bits per heavy atom. The summed E-state index contributed by atoms with van der Waals surface area (Å²) in [5, 5.41) is 9.13. The number of hydrogen-bond donors (Lipinski definition) is 1. The van der Waals surface area contributed by atoms with Crippen LogP contribution in [0.1, 0.15) is 65.7 Å². The zero-order valence-corrected chi connectivity index (χ0v) is 19.2. The highest BCUT2D eigenvalue weighted by molar-refractivity contribution is 5.99. The molecule has 1 aliphatic rings. The summed E-state index contributed by atoms with van der Waals surface area (Å²) in [6.07, 6.45) is 14.8. The van der Waals surface area contributed by atoms with Crippen LogP contribution in [-0.4, -0.2) is 43.3 Å². The van der Waals surface area contributed by atoms with Gasteiger partial charge in [0.15, 0.2) is 0 Å². The van der Waals surface area contributed by atoms with E-state index in [1.54, 1.807) is 7.11 Å². The van der Waals surface area contributed by atoms with Crippen LogP contribution >= 0.6 is 0 Å². The highest BCUT2D eigenvalue weighted by Crippen LogP contribution is 2.33. The Morgan fingerprint density at radius 2 is 2.00 bits per heavy atom. The van der Waals surface area contributed by atoms with E-state index in [0.29, 0.717) is 31.3 Å². The Morgan fingerprint density at radius 1 is 1.27 bits per heavy atom. The zero-order chi connectivity index (χ0) is 22.6. The fourth-order valence-electron chi connectivity index (χ4n) is 3.43. The minimum Gasteiger partial charge on any atom is -0.466 e. The predicted molar refractivity (Wildman–Crippen MR) is 120 cm³/mol. The van der Waals surface area contributed by atoms with Crippen molar-refractivity contribution in [2.24, 2.45) is 5.92 Å². The summed E-state index contributed by atoms with van der Waals surface area (Å²) in [6, 6.07) is 0. The maximum atomic E-state index is 12.5. The Balaban J connectivity index is 3.06. The minimum absolute atomic E-state index is 0.110. The number of carbonyl (C=O) groups is 2. The summed E-state index contributed by atoms with van der Waals surface area (Å²) < 4.78 is 10.4. The second-order valence-corrected chi connectivity index (χ2v) is 8.31. The molecule has 0 unspecified atom stereocenters. The maximum Gasteiger partial charge on any atom is 0.334 e. The summed E-state index contributed by atoms with van der Waals surface area (Å²) in [6.45, 7) is 6.15. The lowest BCUT2D eigenvalue weighted by Gasteiger charge is -2.17. The van der Waals surface area contributed by atoms with Crippen LogP contribution in [0.15, 0.2) is 47.1 Å². The van der Waals surface area contributed by atoms with Gasteiger partial charge in [-0.25, -0.2) is 4.79 Å². The van der Waals surface area contributed by atoms with Crippen molar-refractivity contribution < 1.29 is 24.2 Å².